The Kier molecular flexibility index (Phi) is 4.80. The van der Waals surface area contributed by atoms with Gasteiger partial charge in [0.25, 0.3) is 0 Å². The predicted molar refractivity (Wildman–Crippen MR) is 78.2 cm³/mol. The van der Waals surface area contributed by atoms with Crippen LogP contribution in [0.4, 0.5) is 5.69 Å². The van der Waals surface area contributed by atoms with E-state index in [0.717, 1.165) is 19.4 Å². The van der Waals surface area contributed by atoms with Crippen LogP contribution < -0.4 is 16.0 Å². The molecule has 0 saturated heterocycles. The van der Waals surface area contributed by atoms with Crippen LogP contribution in [-0.4, -0.2) is 26.0 Å². The Labute approximate surface area is 115 Å². The largest absolute Gasteiger partial charge is 0.374 e. The smallest absolute Gasteiger partial charge is 0.220 e. The van der Waals surface area contributed by atoms with Crippen LogP contribution in [0.3, 0.4) is 0 Å². The van der Waals surface area contributed by atoms with E-state index in [9.17, 15) is 4.79 Å². The molecular weight excluding hydrogens is 238 g/mol. The Bertz CT molecular complexity index is 445. The Morgan fingerprint density at radius 1 is 1.47 bits per heavy atom. The van der Waals surface area contributed by atoms with Gasteiger partial charge in [0.1, 0.15) is 0 Å². The third-order valence-corrected chi connectivity index (χ3v) is 3.59. The quantitative estimate of drug-likeness (QED) is 0.843. The number of amides is 1. The summed E-state index contributed by atoms with van der Waals surface area (Å²) in [6.45, 7) is 2.31. The monoisotopic (exact) mass is 261 g/mol. The molecule has 3 N–H and O–H groups in total. The molecule has 0 radical (unpaired) electrons. The second kappa shape index (κ2) is 6.57. The average molecular weight is 261 g/mol. The number of nitrogens with zero attached hydrogens (tertiary/aromatic N) is 1. The molecule has 0 bridgehead atoms. The van der Waals surface area contributed by atoms with Crippen LogP contribution in [0.1, 0.15) is 30.4 Å². The third-order valence-electron chi connectivity index (χ3n) is 3.59. The molecule has 1 aromatic carbocycles. The van der Waals surface area contributed by atoms with Gasteiger partial charge in [0.2, 0.25) is 5.91 Å². The lowest BCUT2D eigenvalue weighted by molar-refractivity contribution is -0.121. The molecule has 1 aromatic rings. The van der Waals surface area contributed by atoms with Crippen molar-refractivity contribution in [1.29, 1.82) is 0 Å². The van der Waals surface area contributed by atoms with Gasteiger partial charge in [0.05, 0.1) is 0 Å². The first-order valence-electron chi connectivity index (χ1n) is 7.00. The molecule has 0 fully saturated rings. The maximum Gasteiger partial charge on any atom is 0.220 e. The minimum atomic E-state index is 0.0836. The van der Waals surface area contributed by atoms with E-state index in [4.69, 9.17) is 5.73 Å². The van der Waals surface area contributed by atoms with E-state index in [1.807, 2.05) is 0 Å². The Morgan fingerprint density at radius 3 is 3.11 bits per heavy atom. The van der Waals surface area contributed by atoms with Crippen LogP contribution in [0.25, 0.3) is 0 Å². The highest BCUT2D eigenvalue weighted by Crippen LogP contribution is 2.26. The molecule has 1 heterocycles. The van der Waals surface area contributed by atoms with Crippen LogP contribution in [-0.2, 0) is 17.8 Å². The molecule has 1 aliphatic heterocycles. The SMILES string of the molecule is CN1CCCc2cc(CNC(=O)CCCN)ccc21. The minimum Gasteiger partial charge on any atom is -0.374 e. The summed E-state index contributed by atoms with van der Waals surface area (Å²) in [7, 11) is 2.13. The molecule has 0 spiro atoms. The normalized spacial score (nSPS) is 14.1. The number of aryl methyl sites for hydroxylation is 1. The molecule has 0 saturated carbocycles. The number of anilines is 1. The van der Waals surface area contributed by atoms with Gasteiger partial charge in [0.15, 0.2) is 0 Å². The predicted octanol–water partition coefficient (Wildman–Crippen LogP) is 1.42. The van der Waals surface area contributed by atoms with Crippen LogP contribution in [0, 0.1) is 0 Å². The zero-order valence-corrected chi connectivity index (χ0v) is 11.6. The van der Waals surface area contributed by atoms with Gasteiger partial charge in [-0.1, -0.05) is 12.1 Å². The molecule has 104 valence electrons. The number of nitrogens with one attached hydrogen (secondary N) is 1. The first-order valence-corrected chi connectivity index (χ1v) is 7.00. The molecule has 4 nitrogen and oxygen atoms in total. The Balaban J connectivity index is 1.93. The van der Waals surface area contributed by atoms with E-state index in [-0.39, 0.29) is 5.91 Å². The zero-order chi connectivity index (χ0) is 13.7. The van der Waals surface area contributed by atoms with E-state index in [1.54, 1.807) is 0 Å². The molecule has 2 rings (SSSR count). The third kappa shape index (κ3) is 3.70. The topological polar surface area (TPSA) is 58.4 Å². The maximum absolute atomic E-state index is 11.5. The second-order valence-electron chi connectivity index (χ2n) is 5.16. The lowest BCUT2D eigenvalue weighted by Crippen LogP contribution is -2.26. The van der Waals surface area contributed by atoms with Crippen molar-refractivity contribution in [3.8, 4) is 0 Å². The van der Waals surface area contributed by atoms with Crippen molar-refractivity contribution in [3.05, 3.63) is 29.3 Å². The highest BCUT2D eigenvalue weighted by atomic mass is 16.1. The van der Waals surface area contributed by atoms with Gasteiger partial charge in [-0.2, -0.15) is 0 Å². The van der Waals surface area contributed by atoms with Crippen molar-refractivity contribution in [2.45, 2.75) is 32.2 Å². The molecule has 1 aliphatic rings. The fourth-order valence-electron chi connectivity index (χ4n) is 2.50. The molecule has 0 aromatic heterocycles. The summed E-state index contributed by atoms with van der Waals surface area (Å²) in [4.78, 5) is 13.8. The second-order valence-corrected chi connectivity index (χ2v) is 5.16. The lowest BCUT2D eigenvalue weighted by Gasteiger charge is -2.27. The summed E-state index contributed by atoms with van der Waals surface area (Å²) in [5.74, 6) is 0.0836. The van der Waals surface area contributed by atoms with E-state index in [1.165, 1.54) is 23.2 Å². The summed E-state index contributed by atoms with van der Waals surface area (Å²) >= 11 is 0. The number of benzene rings is 1. The molecule has 0 atom stereocenters. The van der Waals surface area contributed by atoms with Gasteiger partial charge in [-0.15, -0.1) is 0 Å². The number of rotatable bonds is 5. The van der Waals surface area contributed by atoms with Crippen LogP contribution in [0.15, 0.2) is 18.2 Å². The van der Waals surface area contributed by atoms with Gasteiger partial charge in [-0.3, -0.25) is 4.79 Å². The van der Waals surface area contributed by atoms with Crippen molar-refractivity contribution >= 4 is 11.6 Å². The highest BCUT2D eigenvalue weighted by Gasteiger charge is 2.13. The van der Waals surface area contributed by atoms with E-state index < -0.39 is 0 Å². The van der Waals surface area contributed by atoms with Gasteiger partial charge >= 0.3 is 0 Å². The summed E-state index contributed by atoms with van der Waals surface area (Å²) in [6, 6.07) is 6.48. The van der Waals surface area contributed by atoms with Gasteiger partial charge in [-0.25, -0.2) is 0 Å². The highest BCUT2D eigenvalue weighted by molar-refractivity contribution is 5.75. The van der Waals surface area contributed by atoms with Crippen LogP contribution in [0.5, 0.6) is 0 Å². The van der Waals surface area contributed by atoms with E-state index >= 15 is 0 Å². The first-order chi connectivity index (χ1) is 9.20. The van der Waals surface area contributed by atoms with Gasteiger partial charge in [-0.05, 0) is 43.0 Å². The summed E-state index contributed by atoms with van der Waals surface area (Å²) < 4.78 is 0. The van der Waals surface area contributed by atoms with Crippen molar-refractivity contribution in [3.63, 3.8) is 0 Å². The number of hydrogen-bond donors (Lipinski definition) is 2. The fraction of sp³-hybridized carbons (Fsp3) is 0.533. The van der Waals surface area contributed by atoms with Gasteiger partial charge < -0.3 is 16.0 Å². The molecular formula is C15H23N3O. The molecule has 4 heteroatoms. The lowest BCUT2D eigenvalue weighted by atomic mass is 9.99. The number of carbonyl (C=O) groups excluding carboxylic acids is 1. The standard InChI is InChI=1S/C15H23N3O/c1-18-9-3-4-13-10-12(6-7-14(13)18)11-17-15(19)5-2-8-16/h6-7,10H,2-5,8-9,11,16H2,1H3,(H,17,19). The van der Waals surface area contributed by atoms with E-state index in [2.05, 4.69) is 35.5 Å². The molecule has 1 amide bonds. The number of fused-ring (bicyclic) bond motifs is 1. The summed E-state index contributed by atoms with van der Waals surface area (Å²) in [6.07, 6.45) is 3.61. The van der Waals surface area contributed by atoms with Crippen LogP contribution in [0.2, 0.25) is 0 Å². The Morgan fingerprint density at radius 2 is 2.32 bits per heavy atom. The van der Waals surface area contributed by atoms with Crippen molar-refractivity contribution in [2.24, 2.45) is 5.73 Å². The van der Waals surface area contributed by atoms with Crippen molar-refractivity contribution in [1.82, 2.24) is 5.32 Å². The molecule has 0 aliphatic carbocycles. The molecule has 19 heavy (non-hydrogen) atoms. The maximum atomic E-state index is 11.5. The fourth-order valence-corrected chi connectivity index (χ4v) is 2.50. The summed E-state index contributed by atoms with van der Waals surface area (Å²) in [5, 5.41) is 2.94. The van der Waals surface area contributed by atoms with Crippen molar-refractivity contribution < 1.29 is 4.79 Å². The number of nitrogens with two attached hydrogens (primary N) is 1. The van der Waals surface area contributed by atoms with Crippen molar-refractivity contribution in [2.75, 3.05) is 25.0 Å². The number of carbonyl (C=O) groups is 1. The zero-order valence-electron chi connectivity index (χ0n) is 11.6. The first kappa shape index (κ1) is 13.9. The van der Waals surface area contributed by atoms with Crippen LogP contribution >= 0.6 is 0 Å². The minimum absolute atomic E-state index is 0.0836. The molecule has 0 unspecified atom stereocenters. The number of hydrogen-bond acceptors (Lipinski definition) is 3. The average Bonchev–Trinajstić information content (AvgIpc) is 2.43. The summed E-state index contributed by atoms with van der Waals surface area (Å²) in [5.41, 5.74) is 9.28. The van der Waals surface area contributed by atoms with E-state index in [0.29, 0.717) is 19.5 Å². The van der Waals surface area contributed by atoms with Gasteiger partial charge in [0, 0.05) is 32.2 Å². The Hall–Kier alpha value is -1.55.